The zero-order chi connectivity index (χ0) is 40.2. The highest BCUT2D eigenvalue weighted by Crippen LogP contribution is 2.67. The van der Waals surface area contributed by atoms with Crippen LogP contribution in [0.15, 0.2) is 0 Å². The minimum absolute atomic E-state index is 0.464. The van der Waals surface area contributed by atoms with Gasteiger partial charge in [0.15, 0.2) is 3.82 Å². The summed E-state index contributed by atoms with van der Waals surface area (Å²) in [4.78, 5) is 56.9. The van der Waals surface area contributed by atoms with E-state index < -0.39 is 50.5 Å². The molecule has 0 amide bonds. The Morgan fingerprint density at radius 2 is 0.980 bits per heavy atom. The van der Waals surface area contributed by atoms with Crippen LogP contribution in [-0.2, 0) is 22.6 Å². The predicted octanol–water partition coefficient (Wildman–Crippen LogP) is 11.1. The van der Waals surface area contributed by atoms with Crippen molar-refractivity contribution in [2.24, 2.45) is 0 Å². The Bertz CT molecular complexity index is 1010. The van der Waals surface area contributed by atoms with Crippen LogP contribution in [0.1, 0.15) is 66.2 Å². The Hall–Kier alpha value is 4.14. The van der Waals surface area contributed by atoms with Gasteiger partial charge >= 0.3 is 30.4 Å². The molecule has 0 aliphatic carbocycles. The maximum atomic E-state index is 12.2. The minimum atomic E-state index is -4.14. The smallest absolute Gasteiger partial charge is 0.324 e. The van der Waals surface area contributed by atoms with E-state index in [1.165, 1.54) is 35.3 Å². The molecule has 0 aliphatic heterocycles. The van der Waals surface area contributed by atoms with Crippen LogP contribution in [0.4, 0.5) is 0 Å². The highest BCUT2D eigenvalue weighted by atomic mass is 32.3. The molecule has 0 radical (unpaired) electrons. The molecule has 5 unspecified atom stereocenters. The zero-order valence-corrected chi connectivity index (χ0v) is 42.8. The molecule has 0 heterocycles. The largest absolute Gasteiger partial charge is 0.352 e. The molecule has 0 bridgehead atoms. The topological polar surface area (TPSA) is 199 Å². The summed E-state index contributed by atoms with van der Waals surface area (Å²) in [5.41, 5.74) is -1.12. The van der Waals surface area contributed by atoms with E-state index in [9.17, 15) is 37.8 Å². The third-order valence-corrected chi connectivity index (χ3v) is 28.9. The van der Waals surface area contributed by atoms with Gasteiger partial charge in [0.25, 0.3) is 0 Å². The normalized spacial score (nSPS) is 16.5. The van der Waals surface area contributed by atoms with Crippen LogP contribution in [0, 0.1) is 0 Å². The second-order valence-electron chi connectivity index (χ2n) is 10.4. The van der Waals surface area contributed by atoms with Crippen molar-refractivity contribution < 1.29 is 51.9 Å². The average Bonchev–Trinajstić information content (AvgIpc) is 3.04. The molecule has 51 heavy (non-hydrogen) atoms. The summed E-state index contributed by atoms with van der Waals surface area (Å²) in [6.45, 7) is 7.40. The summed E-state index contributed by atoms with van der Waals surface area (Å²) in [5.74, 6) is 1.00. The quantitative estimate of drug-likeness (QED) is 0.0235. The molecular weight excluding hydrogens is 933 g/mol. The van der Waals surface area contributed by atoms with Gasteiger partial charge in [-0.25, -0.2) is 4.31 Å². The van der Waals surface area contributed by atoms with Gasteiger partial charge in [-0.1, -0.05) is 40.5 Å². The van der Waals surface area contributed by atoms with Crippen molar-refractivity contribution >= 4 is 148 Å². The molecule has 0 aliphatic rings. The second-order valence-corrected chi connectivity index (χ2v) is 31.6. The Labute approximate surface area is 351 Å². The van der Waals surface area contributed by atoms with Crippen LogP contribution in [0.25, 0.3) is 0 Å². The van der Waals surface area contributed by atoms with Gasteiger partial charge in [-0.3, -0.25) is 18.3 Å². The number of rotatable bonds is 29. The Morgan fingerprint density at radius 3 is 1.29 bits per heavy atom. The van der Waals surface area contributed by atoms with E-state index in [4.69, 9.17) is 14.1 Å². The number of hydrogen-bond acceptors (Lipinski definition) is 15. The summed E-state index contributed by atoms with van der Waals surface area (Å²) in [7, 11) is -16.2. The lowest BCUT2D eigenvalue weighted by atomic mass is 10.2. The van der Waals surface area contributed by atoms with E-state index in [0.717, 1.165) is 28.1 Å². The third-order valence-electron chi connectivity index (χ3n) is 6.29. The van der Waals surface area contributed by atoms with Crippen molar-refractivity contribution in [3.8, 4) is 0 Å². The monoisotopic (exact) mass is 994 g/mol. The fraction of sp³-hybridized carbons (Fsp3) is 1.00. The lowest BCUT2D eigenvalue weighted by Crippen LogP contribution is -2.24. The molecule has 312 valence electrons. The molecule has 0 rings (SSSR count). The van der Waals surface area contributed by atoms with E-state index in [1.807, 2.05) is 45.1 Å². The molecule has 0 saturated heterocycles. The average molecular weight is 995 g/mol. The van der Waals surface area contributed by atoms with E-state index >= 15 is 0 Å². The molecule has 11 nitrogen and oxygen atoms in total. The van der Waals surface area contributed by atoms with E-state index in [2.05, 4.69) is 0 Å². The molecule has 0 aromatic heterocycles. The van der Waals surface area contributed by atoms with Crippen LogP contribution < -0.4 is 0 Å². The van der Waals surface area contributed by atoms with Crippen LogP contribution >= 0.6 is 148 Å². The maximum Gasteiger partial charge on any atom is 0.352 e. The predicted molar refractivity (Wildman–Crippen MR) is 249 cm³/mol. The van der Waals surface area contributed by atoms with Crippen LogP contribution in [-0.4, -0.2) is 118 Å². The molecule has 0 fully saturated rings. The lowest BCUT2D eigenvalue weighted by Gasteiger charge is -2.32. The molecule has 0 saturated carbocycles. The number of hydrogen-bond donors (Lipinski definition) is 6. The number of thioether (sulfide) groups is 10. The van der Waals surface area contributed by atoms with Gasteiger partial charge < -0.3 is 29.4 Å². The molecule has 0 aromatic carbocycles. The SMILES string of the molecule is CCCC(CC)P(=O)(O)OP(=O)(O)C(CC)CCC.CSCSCC(SCSC)(SCSC)P(=O)(O)O.CSCSCC(SCSC)P(=O)(O)O. The van der Waals surface area contributed by atoms with Crippen molar-refractivity contribution in [1.82, 2.24) is 0 Å². The third kappa shape index (κ3) is 28.3. The molecule has 25 heteroatoms. The standard InChI is InChI=1S/C12H28O5P2.C8H19O3PS6.C6H15O3PS4/c1-5-9-11(7-3)18(13,14)17-19(15,16)12(8-4)10-6-2;1-13-5-16-4-8(12(9,10)11,17-6-14-2)18-7-15-3;1-11-4-13-3-6(10(7,8)9)14-5-12-2/h11-12H,5-10H2,1-4H3,(H,13,14)(H,15,16);4-7H2,1-3H3,(H2,9,10,11);6H,3-5H2,1-2H3,(H2,7,8,9). The van der Waals surface area contributed by atoms with Crippen molar-refractivity contribution in [1.29, 1.82) is 0 Å². The Morgan fingerprint density at radius 1 is 0.588 bits per heavy atom. The summed E-state index contributed by atoms with van der Waals surface area (Å²) in [6, 6.07) is 0. The first-order valence-corrected chi connectivity index (χ1v) is 34.6. The van der Waals surface area contributed by atoms with Gasteiger partial charge in [-0.05, 0) is 57.0 Å². The van der Waals surface area contributed by atoms with E-state index in [1.54, 1.807) is 96.2 Å². The van der Waals surface area contributed by atoms with Gasteiger partial charge in [-0.15, -0.1) is 58.8 Å². The van der Waals surface area contributed by atoms with Crippen molar-refractivity contribution in [2.75, 3.05) is 68.2 Å². The van der Waals surface area contributed by atoms with Gasteiger partial charge in [-0.2, -0.15) is 58.8 Å². The zero-order valence-electron chi connectivity index (χ0n) is 31.0. The van der Waals surface area contributed by atoms with Gasteiger partial charge in [0.2, 0.25) is 0 Å². The molecule has 5 atom stereocenters. The summed E-state index contributed by atoms with van der Waals surface area (Å²) in [6.07, 6.45) is 13.3. The Balaban J connectivity index is -0.000000686. The first-order valence-electron chi connectivity index (χ1n) is 15.7. The highest BCUT2D eigenvalue weighted by molar-refractivity contribution is 8.33. The van der Waals surface area contributed by atoms with E-state index in [-0.39, 0.29) is 0 Å². The molecular formula is C26H62O11P4S10. The Kier molecular flexibility index (Phi) is 39.5. The van der Waals surface area contributed by atoms with E-state index in [0.29, 0.717) is 47.4 Å². The second kappa shape index (κ2) is 33.9. The first-order chi connectivity index (χ1) is 23.7. The van der Waals surface area contributed by atoms with Crippen molar-refractivity contribution in [2.45, 2.75) is 86.3 Å². The highest BCUT2D eigenvalue weighted by Gasteiger charge is 2.48. The molecule has 0 spiro atoms. The minimum Gasteiger partial charge on any atom is -0.324 e. The van der Waals surface area contributed by atoms with Gasteiger partial charge in [0, 0.05) is 36.9 Å². The summed E-state index contributed by atoms with van der Waals surface area (Å²) in [5, 5.41) is 3.88. The fourth-order valence-corrected chi connectivity index (χ4v) is 23.0. The van der Waals surface area contributed by atoms with Crippen molar-refractivity contribution in [3.05, 3.63) is 0 Å². The van der Waals surface area contributed by atoms with Crippen LogP contribution in [0.2, 0.25) is 0 Å². The summed E-state index contributed by atoms with van der Waals surface area (Å²) < 4.78 is 51.2. The van der Waals surface area contributed by atoms with Crippen molar-refractivity contribution in [3.63, 3.8) is 0 Å². The lowest BCUT2D eigenvalue weighted by molar-refractivity contribution is 0.308. The van der Waals surface area contributed by atoms with Gasteiger partial charge in [0.05, 0.1) is 11.3 Å². The molecule has 0 aromatic rings. The van der Waals surface area contributed by atoms with Crippen LogP contribution in [0.5, 0.6) is 0 Å². The van der Waals surface area contributed by atoms with Crippen LogP contribution in [0.3, 0.4) is 0 Å². The summed E-state index contributed by atoms with van der Waals surface area (Å²) >= 11 is 15.4. The fourth-order valence-electron chi connectivity index (χ4n) is 3.72. The molecule has 6 N–H and O–H groups in total. The maximum absolute atomic E-state index is 12.2. The first kappa shape index (κ1) is 59.5. The van der Waals surface area contributed by atoms with Gasteiger partial charge in [0.1, 0.15) is 4.99 Å².